The molecule has 4 rings (SSSR count). The summed E-state index contributed by atoms with van der Waals surface area (Å²) in [6, 6.07) is 12.0. The second-order valence-corrected chi connectivity index (χ2v) is 8.37. The lowest BCUT2D eigenvalue weighted by molar-refractivity contribution is -0.126. The van der Waals surface area contributed by atoms with Crippen LogP contribution in [0.1, 0.15) is 53.0 Å². The average Bonchev–Trinajstić information content (AvgIpc) is 3.29. The lowest BCUT2D eigenvalue weighted by Gasteiger charge is -2.20. The van der Waals surface area contributed by atoms with Gasteiger partial charge >= 0.3 is 0 Å². The number of carbonyl (C=O) groups is 2. The Morgan fingerprint density at radius 2 is 1.89 bits per heavy atom. The van der Waals surface area contributed by atoms with Gasteiger partial charge in [0.05, 0.1) is 17.1 Å². The fraction of sp³-hybridized carbons (Fsp3) is 0.381. The molecule has 2 N–H and O–H groups in total. The molecule has 0 atom stereocenters. The van der Waals surface area contributed by atoms with Crippen molar-refractivity contribution in [2.45, 2.75) is 45.6 Å². The third kappa shape index (κ3) is 3.94. The first-order chi connectivity index (χ1) is 13.6. The molecular weight excluding hydrogens is 372 g/mol. The van der Waals surface area contributed by atoms with Crippen LogP contribution in [0.25, 0.3) is 10.2 Å². The van der Waals surface area contributed by atoms with Gasteiger partial charge in [-0.15, -0.1) is 11.3 Å². The molecule has 0 bridgehead atoms. The Morgan fingerprint density at radius 1 is 1.14 bits per heavy atom. The Hall–Kier alpha value is -2.67. The molecule has 0 unspecified atom stereocenters. The number of fused-ring (bicyclic) bond motifs is 1. The fourth-order valence-corrected chi connectivity index (χ4v) is 4.79. The van der Waals surface area contributed by atoms with Crippen molar-refractivity contribution in [3.05, 3.63) is 52.5 Å². The van der Waals surface area contributed by atoms with Gasteiger partial charge in [0.2, 0.25) is 5.91 Å². The molecule has 2 heterocycles. The predicted octanol–water partition coefficient (Wildman–Crippen LogP) is 3.80. The molecule has 2 aromatic heterocycles. The third-order valence-electron chi connectivity index (χ3n) is 5.28. The van der Waals surface area contributed by atoms with Gasteiger partial charge in [0.25, 0.3) is 5.91 Å². The zero-order chi connectivity index (χ0) is 19.5. The molecule has 1 aliphatic rings. The average molecular weight is 397 g/mol. The number of carbonyl (C=O) groups excluding carboxylic acids is 2. The first-order valence-corrected chi connectivity index (χ1v) is 10.5. The molecule has 28 heavy (non-hydrogen) atoms. The number of hydrogen-bond acceptors (Lipinski definition) is 4. The number of hydrazine groups is 1. The van der Waals surface area contributed by atoms with Crippen LogP contribution in [0, 0.1) is 12.8 Å². The molecule has 1 saturated carbocycles. The number of nitrogens with one attached hydrogen (secondary N) is 2. The minimum atomic E-state index is -0.281. The van der Waals surface area contributed by atoms with Gasteiger partial charge in [-0.3, -0.25) is 25.1 Å². The van der Waals surface area contributed by atoms with E-state index in [9.17, 15) is 9.59 Å². The van der Waals surface area contributed by atoms with E-state index in [0.29, 0.717) is 11.4 Å². The van der Waals surface area contributed by atoms with E-state index >= 15 is 0 Å². The highest BCUT2D eigenvalue weighted by atomic mass is 32.1. The third-order valence-corrected chi connectivity index (χ3v) is 6.43. The summed E-state index contributed by atoms with van der Waals surface area (Å²) < 4.78 is 1.93. The smallest absolute Gasteiger partial charge is 0.273 e. The van der Waals surface area contributed by atoms with E-state index in [1.807, 2.05) is 35.9 Å². The van der Waals surface area contributed by atoms with Gasteiger partial charge < -0.3 is 0 Å². The Bertz CT molecular complexity index is 987. The highest BCUT2D eigenvalue weighted by Crippen LogP contribution is 2.29. The predicted molar refractivity (Wildman–Crippen MR) is 110 cm³/mol. The molecule has 3 aromatic rings. The Kier molecular flexibility index (Phi) is 5.43. The number of aryl methyl sites for hydroxylation is 1. The molecule has 1 aromatic carbocycles. The number of nitrogens with zero attached hydrogens (tertiary/aromatic N) is 2. The van der Waals surface area contributed by atoms with Crippen LogP contribution >= 0.6 is 11.3 Å². The number of thiophene rings is 1. The Balaban J connectivity index is 1.46. The Morgan fingerprint density at radius 3 is 2.64 bits per heavy atom. The van der Waals surface area contributed by atoms with Gasteiger partial charge in [0, 0.05) is 11.3 Å². The SMILES string of the molecule is Cc1nn(Cc2ccccc2)c2sc(C(=O)NNC(=O)C3CCCCC3)cc12. The topological polar surface area (TPSA) is 76.0 Å². The van der Waals surface area contributed by atoms with Gasteiger partial charge in [-0.1, -0.05) is 49.6 Å². The summed E-state index contributed by atoms with van der Waals surface area (Å²) in [5.74, 6) is -0.352. The van der Waals surface area contributed by atoms with Crippen LogP contribution in [0.15, 0.2) is 36.4 Å². The lowest BCUT2D eigenvalue weighted by atomic mass is 9.89. The van der Waals surface area contributed by atoms with E-state index < -0.39 is 0 Å². The highest BCUT2D eigenvalue weighted by molar-refractivity contribution is 7.20. The first-order valence-electron chi connectivity index (χ1n) is 9.73. The summed E-state index contributed by atoms with van der Waals surface area (Å²) in [5.41, 5.74) is 7.23. The molecule has 0 radical (unpaired) electrons. The van der Waals surface area contributed by atoms with Crippen molar-refractivity contribution in [3.8, 4) is 0 Å². The summed E-state index contributed by atoms with van der Waals surface area (Å²) >= 11 is 1.40. The van der Waals surface area contributed by atoms with Crippen molar-refractivity contribution >= 4 is 33.4 Å². The summed E-state index contributed by atoms with van der Waals surface area (Å²) in [6.45, 7) is 2.61. The van der Waals surface area contributed by atoms with Crippen LogP contribution < -0.4 is 10.9 Å². The van der Waals surface area contributed by atoms with Crippen LogP contribution in [0.3, 0.4) is 0 Å². The minimum absolute atomic E-state index is 0.0122. The summed E-state index contributed by atoms with van der Waals surface area (Å²) in [4.78, 5) is 26.3. The normalized spacial score (nSPS) is 14.9. The standard InChI is InChI=1S/C21H24N4O2S/c1-14-17-12-18(20(27)23-22-19(26)16-10-6-3-7-11-16)28-21(17)25(24-14)13-15-8-4-2-5-9-15/h2,4-5,8-9,12,16H,3,6-7,10-11,13H2,1H3,(H,22,26)(H,23,27). The zero-order valence-electron chi connectivity index (χ0n) is 15.9. The molecule has 7 heteroatoms. The largest absolute Gasteiger partial charge is 0.279 e. The van der Waals surface area contributed by atoms with Gasteiger partial charge in [0.15, 0.2) is 0 Å². The van der Waals surface area contributed by atoms with Crippen LogP contribution in [0.2, 0.25) is 0 Å². The van der Waals surface area contributed by atoms with E-state index in [1.165, 1.54) is 17.8 Å². The molecule has 1 aliphatic carbocycles. The van der Waals surface area contributed by atoms with E-state index in [0.717, 1.165) is 47.2 Å². The van der Waals surface area contributed by atoms with Crippen molar-refractivity contribution < 1.29 is 9.59 Å². The number of amides is 2. The Labute approximate surface area is 167 Å². The molecule has 146 valence electrons. The van der Waals surface area contributed by atoms with Crippen LogP contribution in [-0.4, -0.2) is 21.6 Å². The molecule has 2 amide bonds. The number of benzene rings is 1. The second-order valence-electron chi connectivity index (χ2n) is 7.34. The lowest BCUT2D eigenvalue weighted by Crippen LogP contribution is -2.44. The van der Waals surface area contributed by atoms with Gasteiger partial charge in [-0.05, 0) is 31.4 Å². The monoisotopic (exact) mass is 396 g/mol. The maximum Gasteiger partial charge on any atom is 0.279 e. The fourth-order valence-electron chi connectivity index (χ4n) is 3.73. The first kappa shape index (κ1) is 18.7. The maximum atomic E-state index is 12.5. The quantitative estimate of drug-likeness (QED) is 0.659. The van der Waals surface area contributed by atoms with Crippen molar-refractivity contribution in [2.24, 2.45) is 5.92 Å². The van der Waals surface area contributed by atoms with Crippen molar-refractivity contribution in [1.29, 1.82) is 0 Å². The van der Waals surface area contributed by atoms with E-state index in [1.54, 1.807) is 0 Å². The van der Waals surface area contributed by atoms with Crippen molar-refractivity contribution in [2.75, 3.05) is 0 Å². The minimum Gasteiger partial charge on any atom is -0.273 e. The van der Waals surface area contributed by atoms with Crippen LogP contribution in [0.5, 0.6) is 0 Å². The number of hydrogen-bond donors (Lipinski definition) is 2. The van der Waals surface area contributed by atoms with Gasteiger partial charge in [0.1, 0.15) is 4.83 Å². The molecule has 0 saturated heterocycles. The second kappa shape index (κ2) is 8.14. The summed E-state index contributed by atoms with van der Waals surface area (Å²) in [7, 11) is 0. The number of rotatable bonds is 4. The molecule has 0 aliphatic heterocycles. The van der Waals surface area contributed by atoms with E-state index in [-0.39, 0.29) is 17.7 Å². The molecule has 6 nitrogen and oxygen atoms in total. The maximum absolute atomic E-state index is 12.5. The van der Waals surface area contributed by atoms with Crippen LogP contribution in [0.4, 0.5) is 0 Å². The van der Waals surface area contributed by atoms with Crippen LogP contribution in [-0.2, 0) is 11.3 Å². The summed E-state index contributed by atoms with van der Waals surface area (Å²) in [5, 5.41) is 5.58. The van der Waals surface area contributed by atoms with Gasteiger partial charge in [-0.25, -0.2) is 0 Å². The molecule has 0 spiro atoms. The van der Waals surface area contributed by atoms with E-state index in [4.69, 9.17) is 0 Å². The number of aromatic nitrogens is 2. The van der Waals surface area contributed by atoms with Gasteiger partial charge in [-0.2, -0.15) is 5.10 Å². The summed E-state index contributed by atoms with van der Waals surface area (Å²) in [6.07, 6.45) is 5.16. The zero-order valence-corrected chi connectivity index (χ0v) is 16.7. The molecular formula is C21H24N4O2S. The van der Waals surface area contributed by atoms with Crippen molar-refractivity contribution in [3.63, 3.8) is 0 Å². The van der Waals surface area contributed by atoms with E-state index in [2.05, 4.69) is 28.1 Å². The van der Waals surface area contributed by atoms with Crippen molar-refractivity contribution in [1.82, 2.24) is 20.6 Å². The highest BCUT2D eigenvalue weighted by Gasteiger charge is 2.22. The molecule has 1 fully saturated rings.